The summed E-state index contributed by atoms with van der Waals surface area (Å²) in [6.07, 6.45) is 1.29. The summed E-state index contributed by atoms with van der Waals surface area (Å²) in [4.78, 5) is 31.2. The number of carbonyl (C=O) groups is 2. The van der Waals surface area contributed by atoms with Crippen molar-refractivity contribution in [3.63, 3.8) is 0 Å². The number of benzene rings is 1. The zero-order valence-electron chi connectivity index (χ0n) is 14.1. The van der Waals surface area contributed by atoms with E-state index in [2.05, 4.69) is 4.98 Å². The molecule has 0 bridgehead atoms. The summed E-state index contributed by atoms with van der Waals surface area (Å²) in [7, 11) is 0. The van der Waals surface area contributed by atoms with E-state index in [4.69, 9.17) is 16.3 Å². The Labute approximate surface area is 154 Å². The summed E-state index contributed by atoms with van der Waals surface area (Å²) in [6, 6.07) is 4.97. The fourth-order valence-corrected chi connectivity index (χ4v) is 3.83. The van der Waals surface area contributed by atoms with Gasteiger partial charge in [0.25, 0.3) is 11.8 Å². The number of halogens is 2. The Hall–Kier alpha value is -2.12. The van der Waals surface area contributed by atoms with Crippen LogP contribution in [0.15, 0.2) is 18.2 Å². The van der Waals surface area contributed by atoms with Crippen LogP contribution in [0.3, 0.4) is 0 Å². The molecule has 2 amide bonds. The molecule has 0 saturated carbocycles. The van der Waals surface area contributed by atoms with Gasteiger partial charge in [0.2, 0.25) is 0 Å². The van der Waals surface area contributed by atoms with E-state index in [1.165, 1.54) is 0 Å². The molecule has 4 rings (SSSR count). The lowest BCUT2D eigenvalue weighted by atomic mass is 10.2. The van der Waals surface area contributed by atoms with Crippen molar-refractivity contribution in [1.29, 1.82) is 0 Å². The molecule has 0 aliphatic carbocycles. The van der Waals surface area contributed by atoms with E-state index in [-0.39, 0.29) is 28.1 Å². The number of piperazine rings is 1. The van der Waals surface area contributed by atoms with Gasteiger partial charge < -0.3 is 19.5 Å². The summed E-state index contributed by atoms with van der Waals surface area (Å²) in [5, 5.41) is 0.493. The molecule has 1 atom stereocenters. The lowest BCUT2D eigenvalue weighted by Gasteiger charge is -2.35. The third kappa shape index (κ3) is 2.95. The molecule has 1 aromatic heterocycles. The minimum absolute atomic E-state index is 0.0156. The molecular weight excluding hydrogens is 361 g/mol. The van der Waals surface area contributed by atoms with Crippen molar-refractivity contribution in [2.45, 2.75) is 18.9 Å². The van der Waals surface area contributed by atoms with Crippen molar-refractivity contribution in [3.05, 3.63) is 34.7 Å². The first-order valence-corrected chi connectivity index (χ1v) is 9.09. The van der Waals surface area contributed by atoms with Gasteiger partial charge in [-0.2, -0.15) is 0 Å². The molecule has 26 heavy (non-hydrogen) atoms. The molecule has 2 aromatic rings. The maximum absolute atomic E-state index is 14.7. The molecule has 0 radical (unpaired) electrons. The number of nitrogens with one attached hydrogen (secondary N) is 1. The monoisotopic (exact) mass is 379 g/mol. The fourth-order valence-electron chi connectivity index (χ4n) is 3.58. The molecule has 8 heteroatoms. The number of amides is 2. The number of ether oxygens (including phenoxy) is 1. The zero-order chi connectivity index (χ0) is 18.3. The van der Waals surface area contributed by atoms with Gasteiger partial charge in [-0.1, -0.05) is 17.7 Å². The van der Waals surface area contributed by atoms with Gasteiger partial charge in [0.1, 0.15) is 11.8 Å². The van der Waals surface area contributed by atoms with Crippen molar-refractivity contribution in [2.75, 3.05) is 32.8 Å². The Morgan fingerprint density at radius 1 is 1.19 bits per heavy atom. The predicted molar refractivity (Wildman–Crippen MR) is 94.7 cm³/mol. The summed E-state index contributed by atoms with van der Waals surface area (Å²) in [5.41, 5.74) is 0.401. The van der Waals surface area contributed by atoms with Crippen LogP contribution in [0.1, 0.15) is 23.3 Å². The number of carbonyl (C=O) groups excluding carboxylic acids is 2. The normalized spacial score (nSPS) is 20.8. The van der Waals surface area contributed by atoms with Crippen LogP contribution in [0, 0.1) is 5.82 Å². The van der Waals surface area contributed by atoms with Crippen molar-refractivity contribution >= 4 is 34.3 Å². The predicted octanol–water partition coefficient (Wildman–Crippen LogP) is 2.42. The molecule has 1 aromatic carbocycles. The van der Waals surface area contributed by atoms with Crippen molar-refractivity contribution in [3.8, 4) is 0 Å². The molecule has 138 valence electrons. The van der Waals surface area contributed by atoms with E-state index in [1.54, 1.807) is 28.0 Å². The Kier molecular flexibility index (Phi) is 4.58. The van der Waals surface area contributed by atoms with Crippen LogP contribution < -0.4 is 0 Å². The number of aromatic nitrogens is 1. The van der Waals surface area contributed by atoms with E-state index < -0.39 is 11.7 Å². The van der Waals surface area contributed by atoms with E-state index in [9.17, 15) is 14.0 Å². The van der Waals surface area contributed by atoms with E-state index in [0.29, 0.717) is 38.3 Å². The molecule has 2 fully saturated rings. The number of fused-ring (bicyclic) bond motifs is 1. The molecular formula is C18H19ClFN3O3. The standard InChI is InChI=1S/C18H19ClFN3O3/c19-11-3-1-4-12-14(11)15(20)16(21-12)18(25)23-8-6-22(7-9-23)17(24)13-5-2-10-26-13/h1,3-4,13,21H,2,5-10H2/t13-/m1/s1. The van der Waals surface area contributed by atoms with Gasteiger partial charge in [0.05, 0.1) is 15.9 Å². The average Bonchev–Trinajstić information content (AvgIpc) is 3.30. The van der Waals surface area contributed by atoms with Gasteiger partial charge in [-0.25, -0.2) is 4.39 Å². The van der Waals surface area contributed by atoms with Gasteiger partial charge in [-0.3, -0.25) is 9.59 Å². The minimum atomic E-state index is -0.631. The number of H-pyrrole nitrogens is 1. The maximum Gasteiger partial charge on any atom is 0.273 e. The highest BCUT2D eigenvalue weighted by atomic mass is 35.5. The Morgan fingerprint density at radius 2 is 1.92 bits per heavy atom. The van der Waals surface area contributed by atoms with Gasteiger partial charge in [-0.15, -0.1) is 0 Å². The van der Waals surface area contributed by atoms with Crippen LogP contribution in [-0.2, 0) is 9.53 Å². The van der Waals surface area contributed by atoms with Crippen LogP contribution in [0.4, 0.5) is 4.39 Å². The molecule has 6 nitrogen and oxygen atoms in total. The highest BCUT2D eigenvalue weighted by Crippen LogP contribution is 2.28. The first-order chi connectivity index (χ1) is 12.6. The SMILES string of the molecule is O=C(c1[nH]c2cccc(Cl)c2c1F)N1CCN(C(=O)[C@H]2CCCO2)CC1. The quantitative estimate of drug-likeness (QED) is 0.871. The maximum atomic E-state index is 14.7. The van der Waals surface area contributed by atoms with Crippen LogP contribution >= 0.6 is 11.6 Å². The molecule has 0 unspecified atom stereocenters. The molecule has 3 heterocycles. The van der Waals surface area contributed by atoms with E-state index in [1.807, 2.05) is 0 Å². The van der Waals surface area contributed by atoms with Crippen molar-refractivity contribution in [2.24, 2.45) is 0 Å². The van der Waals surface area contributed by atoms with E-state index >= 15 is 0 Å². The summed E-state index contributed by atoms with van der Waals surface area (Å²) < 4.78 is 20.1. The number of rotatable bonds is 2. The second-order valence-electron chi connectivity index (χ2n) is 6.60. The first kappa shape index (κ1) is 17.3. The molecule has 1 N–H and O–H groups in total. The van der Waals surface area contributed by atoms with Crippen molar-refractivity contribution < 1.29 is 18.7 Å². The second-order valence-corrected chi connectivity index (χ2v) is 7.00. The number of hydrogen-bond donors (Lipinski definition) is 1. The zero-order valence-corrected chi connectivity index (χ0v) is 14.9. The van der Waals surface area contributed by atoms with Crippen LogP contribution in [0.5, 0.6) is 0 Å². The first-order valence-electron chi connectivity index (χ1n) is 8.71. The van der Waals surface area contributed by atoms with Crippen LogP contribution in [0.2, 0.25) is 5.02 Å². The summed E-state index contributed by atoms with van der Waals surface area (Å²) >= 11 is 6.04. The minimum Gasteiger partial charge on any atom is -0.368 e. The average molecular weight is 380 g/mol. The smallest absolute Gasteiger partial charge is 0.273 e. The van der Waals surface area contributed by atoms with Crippen molar-refractivity contribution in [1.82, 2.24) is 14.8 Å². The van der Waals surface area contributed by atoms with Gasteiger partial charge in [0, 0.05) is 32.8 Å². The highest BCUT2D eigenvalue weighted by molar-refractivity contribution is 6.35. The Bertz CT molecular complexity index is 855. The lowest BCUT2D eigenvalue weighted by molar-refractivity contribution is -0.142. The molecule has 0 spiro atoms. The van der Waals surface area contributed by atoms with Gasteiger partial charge in [0.15, 0.2) is 5.82 Å². The number of hydrogen-bond acceptors (Lipinski definition) is 3. The van der Waals surface area contributed by atoms with Gasteiger partial charge >= 0.3 is 0 Å². The van der Waals surface area contributed by atoms with Crippen LogP contribution in [0.25, 0.3) is 10.9 Å². The Morgan fingerprint density at radius 3 is 2.58 bits per heavy atom. The third-order valence-corrected chi connectivity index (χ3v) is 5.32. The highest BCUT2D eigenvalue weighted by Gasteiger charge is 2.32. The molecule has 2 saturated heterocycles. The Balaban J connectivity index is 1.46. The number of aromatic amines is 1. The topological polar surface area (TPSA) is 65.6 Å². The summed E-state index contributed by atoms with van der Waals surface area (Å²) in [6.45, 7) is 2.19. The lowest BCUT2D eigenvalue weighted by Crippen LogP contribution is -2.53. The fraction of sp³-hybridized carbons (Fsp3) is 0.444. The summed E-state index contributed by atoms with van der Waals surface area (Å²) in [5.74, 6) is -1.06. The number of nitrogens with zero attached hydrogens (tertiary/aromatic N) is 2. The van der Waals surface area contributed by atoms with E-state index in [0.717, 1.165) is 12.8 Å². The van der Waals surface area contributed by atoms with Gasteiger partial charge in [-0.05, 0) is 25.0 Å². The molecule has 2 aliphatic heterocycles. The van der Waals surface area contributed by atoms with Crippen LogP contribution in [-0.4, -0.2) is 65.5 Å². The second kappa shape index (κ2) is 6.89. The molecule has 2 aliphatic rings. The third-order valence-electron chi connectivity index (χ3n) is 5.01. The largest absolute Gasteiger partial charge is 0.368 e.